The van der Waals surface area contributed by atoms with Crippen LogP contribution in [-0.2, 0) is 0 Å². The van der Waals surface area contributed by atoms with Crippen molar-refractivity contribution in [3.8, 4) is 11.1 Å². The maximum Gasteiger partial charge on any atom is 0.263 e. The van der Waals surface area contributed by atoms with Crippen molar-refractivity contribution in [3.63, 3.8) is 0 Å². The van der Waals surface area contributed by atoms with Crippen molar-refractivity contribution in [3.05, 3.63) is 45.1 Å². The highest BCUT2D eigenvalue weighted by molar-refractivity contribution is 7.14. The fourth-order valence-electron chi connectivity index (χ4n) is 1.72. The Morgan fingerprint density at radius 3 is 2.39 bits per heavy atom. The van der Waals surface area contributed by atoms with Gasteiger partial charge >= 0.3 is 0 Å². The first-order valence-electron chi connectivity index (χ1n) is 5.57. The van der Waals surface area contributed by atoms with E-state index < -0.39 is 0 Å². The molecule has 0 unspecified atom stereocenters. The standard InChI is InChI=1S/C14H14ClNOS/c1-9-12(10-4-6-11(15)7-5-10)8-13(18-9)14(17)16(2)3/h4-8H,1-3H3. The Bertz CT molecular complexity index is 572. The van der Waals surface area contributed by atoms with Crippen LogP contribution in [0.25, 0.3) is 11.1 Å². The molecule has 94 valence electrons. The van der Waals surface area contributed by atoms with Crippen LogP contribution in [0.15, 0.2) is 30.3 Å². The normalized spacial score (nSPS) is 10.4. The molecule has 0 spiro atoms. The van der Waals surface area contributed by atoms with E-state index in [2.05, 4.69) is 0 Å². The summed E-state index contributed by atoms with van der Waals surface area (Å²) >= 11 is 7.40. The number of hydrogen-bond acceptors (Lipinski definition) is 2. The van der Waals surface area contributed by atoms with Crippen LogP contribution < -0.4 is 0 Å². The number of benzene rings is 1. The van der Waals surface area contributed by atoms with Crippen molar-refractivity contribution in [2.24, 2.45) is 0 Å². The van der Waals surface area contributed by atoms with E-state index in [9.17, 15) is 4.79 Å². The van der Waals surface area contributed by atoms with Crippen LogP contribution in [-0.4, -0.2) is 24.9 Å². The highest BCUT2D eigenvalue weighted by Crippen LogP contribution is 2.32. The van der Waals surface area contributed by atoms with Gasteiger partial charge in [0.1, 0.15) is 0 Å². The molecule has 0 saturated carbocycles. The first-order valence-corrected chi connectivity index (χ1v) is 6.76. The van der Waals surface area contributed by atoms with Crippen LogP contribution in [0.3, 0.4) is 0 Å². The molecule has 1 aromatic carbocycles. The fourth-order valence-corrected chi connectivity index (χ4v) is 2.91. The van der Waals surface area contributed by atoms with Crippen molar-refractivity contribution >= 4 is 28.8 Å². The first kappa shape index (κ1) is 13.1. The van der Waals surface area contributed by atoms with Crippen LogP contribution in [0.4, 0.5) is 0 Å². The number of hydrogen-bond donors (Lipinski definition) is 0. The number of halogens is 1. The van der Waals surface area contributed by atoms with Crippen LogP contribution in [0.5, 0.6) is 0 Å². The van der Waals surface area contributed by atoms with Gasteiger partial charge in [-0.05, 0) is 36.2 Å². The lowest BCUT2D eigenvalue weighted by Crippen LogP contribution is -2.20. The van der Waals surface area contributed by atoms with E-state index >= 15 is 0 Å². The highest BCUT2D eigenvalue weighted by Gasteiger charge is 2.14. The number of rotatable bonds is 2. The van der Waals surface area contributed by atoms with Gasteiger partial charge in [0.2, 0.25) is 0 Å². The van der Waals surface area contributed by atoms with Gasteiger partial charge in [0, 0.05) is 24.0 Å². The quantitative estimate of drug-likeness (QED) is 0.811. The van der Waals surface area contributed by atoms with Gasteiger partial charge in [-0.2, -0.15) is 0 Å². The minimum Gasteiger partial charge on any atom is -0.344 e. The Morgan fingerprint density at radius 1 is 1.22 bits per heavy atom. The summed E-state index contributed by atoms with van der Waals surface area (Å²) in [4.78, 5) is 15.4. The summed E-state index contributed by atoms with van der Waals surface area (Å²) < 4.78 is 0. The monoisotopic (exact) mass is 279 g/mol. The van der Waals surface area contributed by atoms with E-state index in [1.54, 1.807) is 19.0 Å². The first-order chi connectivity index (χ1) is 8.49. The molecule has 0 aliphatic heterocycles. The summed E-state index contributed by atoms with van der Waals surface area (Å²) in [6.07, 6.45) is 0. The molecule has 1 aromatic heterocycles. The van der Waals surface area contributed by atoms with Gasteiger partial charge in [-0.1, -0.05) is 23.7 Å². The van der Waals surface area contributed by atoms with Gasteiger partial charge < -0.3 is 4.90 Å². The highest BCUT2D eigenvalue weighted by atomic mass is 35.5. The third-order valence-corrected chi connectivity index (χ3v) is 3.98. The molecule has 0 radical (unpaired) electrons. The van der Waals surface area contributed by atoms with Crippen molar-refractivity contribution < 1.29 is 4.79 Å². The maximum absolute atomic E-state index is 11.9. The second-order valence-corrected chi connectivity index (χ2v) is 5.98. The Kier molecular flexibility index (Phi) is 3.73. The second kappa shape index (κ2) is 5.12. The van der Waals surface area contributed by atoms with E-state index in [0.717, 1.165) is 25.9 Å². The molecule has 0 atom stereocenters. The van der Waals surface area contributed by atoms with E-state index in [1.165, 1.54) is 11.3 Å². The van der Waals surface area contributed by atoms with E-state index in [4.69, 9.17) is 11.6 Å². The molecule has 18 heavy (non-hydrogen) atoms. The fraction of sp³-hybridized carbons (Fsp3) is 0.214. The molecule has 0 bridgehead atoms. The Hall–Kier alpha value is -1.32. The van der Waals surface area contributed by atoms with E-state index in [0.29, 0.717) is 0 Å². The molecule has 0 aliphatic rings. The number of nitrogens with zero attached hydrogens (tertiary/aromatic N) is 1. The van der Waals surface area contributed by atoms with Gasteiger partial charge in [0.15, 0.2) is 0 Å². The summed E-state index contributed by atoms with van der Waals surface area (Å²) in [5.41, 5.74) is 2.19. The summed E-state index contributed by atoms with van der Waals surface area (Å²) in [5, 5.41) is 0.719. The topological polar surface area (TPSA) is 20.3 Å². The lowest BCUT2D eigenvalue weighted by Gasteiger charge is -2.07. The largest absolute Gasteiger partial charge is 0.344 e. The summed E-state index contributed by atoms with van der Waals surface area (Å²) in [7, 11) is 3.53. The smallest absolute Gasteiger partial charge is 0.263 e. The number of aryl methyl sites for hydroxylation is 1. The molecule has 1 heterocycles. The molecular formula is C14H14ClNOS. The SMILES string of the molecule is Cc1sc(C(=O)N(C)C)cc1-c1ccc(Cl)cc1. The zero-order valence-corrected chi connectivity index (χ0v) is 12.1. The Labute approximate surface area is 116 Å². The molecule has 0 aliphatic carbocycles. The van der Waals surface area contributed by atoms with Crippen molar-refractivity contribution in [2.45, 2.75) is 6.92 Å². The second-order valence-electron chi connectivity index (χ2n) is 4.29. The summed E-state index contributed by atoms with van der Waals surface area (Å²) in [6.45, 7) is 2.03. The zero-order valence-electron chi connectivity index (χ0n) is 10.5. The molecule has 2 nitrogen and oxygen atoms in total. The van der Waals surface area contributed by atoms with Gasteiger partial charge in [-0.3, -0.25) is 4.79 Å². The molecule has 1 amide bonds. The molecule has 4 heteroatoms. The predicted octanol–water partition coefficient (Wildman–Crippen LogP) is 4.08. The molecule has 0 N–H and O–H groups in total. The van der Waals surface area contributed by atoms with Crippen molar-refractivity contribution in [1.82, 2.24) is 4.90 Å². The summed E-state index contributed by atoms with van der Waals surface area (Å²) in [6, 6.07) is 9.62. The summed E-state index contributed by atoms with van der Waals surface area (Å²) in [5.74, 6) is 0.0447. The average molecular weight is 280 g/mol. The predicted molar refractivity (Wildman–Crippen MR) is 77.5 cm³/mol. The van der Waals surface area contributed by atoms with Crippen LogP contribution in [0, 0.1) is 6.92 Å². The number of thiophene rings is 1. The minimum absolute atomic E-state index is 0.0447. The molecular weight excluding hydrogens is 266 g/mol. The third kappa shape index (κ3) is 2.57. The average Bonchev–Trinajstić information content (AvgIpc) is 2.71. The van der Waals surface area contributed by atoms with Crippen LogP contribution in [0.2, 0.25) is 5.02 Å². The molecule has 2 aromatic rings. The molecule has 2 rings (SSSR count). The Balaban J connectivity index is 2.41. The molecule has 0 saturated heterocycles. The van der Waals surface area contributed by atoms with E-state index in [1.807, 2.05) is 37.3 Å². The zero-order chi connectivity index (χ0) is 13.3. The molecule has 0 fully saturated rings. The third-order valence-electron chi connectivity index (χ3n) is 2.69. The van der Waals surface area contributed by atoms with E-state index in [-0.39, 0.29) is 5.91 Å². The van der Waals surface area contributed by atoms with Crippen LogP contribution >= 0.6 is 22.9 Å². The van der Waals surface area contributed by atoms with Gasteiger partial charge in [-0.25, -0.2) is 0 Å². The number of amides is 1. The van der Waals surface area contributed by atoms with Gasteiger partial charge in [0.25, 0.3) is 5.91 Å². The lowest BCUT2D eigenvalue weighted by molar-refractivity contribution is 0.0832. The van der Waals surface area contributed by atoms with Gasteiger partial charge in [0.05, 0.1) is 4.88 Å². The maximum atomic E-state index is 11.9. The van der Waals surface area contributed by atoms with Gasteiger partial charge in [-0.15, -0.1) is 11.3 Å². The van der Waals surface area contributed by atoms with Crippen molar-refractivity contribution in [1.29, 1.82) is 0 Å². The lowest BCUT2D eigenvalue weighted by atomic mass is 10.1. The minimum atomic E-state index is 0.0447. The van der Waals surface area contributed by atoms with Crippen molar-refractivity contribution in [2.75, 3.05) is 14.1 Å². The number of carbonyl (C=O) groups excluding carboxylic acids is 1. The Morgan fingerprint density at radius 2 is 1.83 bits per heavy atom. The number of carbonyl (C=O) groups is 1. The van der Waals surface area contributed by atoms with Crippen LogP contribution in [0.1, 0.15) is 14.5 Å².